The lowest BCUT2D eigenvalue weighted by Crippen LogP contribution is -2.48. The highest BCUT2D eigenvalue weighted by atomic mass is 16.5. The Morgan fingerprint density at radius 3 is 2.61 bits per heavy atom. The lowest BCUT2D eigenvalue weighted by atomic mass is 9.76. The van der Waals surface area contributed by atoms with Gasteiger partial charge in [-0.2, -0.15) is 0 Å². The van der Waals surface area contributed by atoms with Gasteiger partial charge in [-0.25, -0.2) is 0 Å². The molecule has 1 N–H and O–H groups in total. The molecule has 1 saturated carbocycles. The van der Waals surface area contributed by atoms with E-state index in [1.54, 1.807) is 0 Å². The van der Waals surface area contributed by atoms with Gasteiger partial charge in [0.2, 0.25) is 0 Å². The summed E-state index contributed by atoms with van der Waals surface area (Å²) in [6, 6.07) is 0.696. The van der Waals surface area contributed by atoms with E-state index in [0.29, 0.717) is 6.04 Å². The van der Waals surface area contributed by atoms with E-state index >= 15 is 0 Å². The summed E-state index contributed by atoms with van der Waals surface area (Å²) in [5.74, 6) is 1.61. The van der Waals surface area contributed by atoms with Gasteiger partial charge in [-0.05, 0) is 44.1 Å². The largest absolute Gasteiger partial charge is 0.375 e. The molecule has 0 aromatic carbocycles. The summed E-state index contributed by atoms with van der Waals surface area (Å²) in [4.78, 5) is 0. The molecule has 2 rings (SSSR count). The molecule has 3 atom stereocenters. The van der Waals surface area contributed by atoms with Gasteiger partial charge in [0.25, 0.3) is 0 Å². The molecule has 3 unspecified atom stereocenters. The quantitative estimate of drug-likeness (QED) is 0.805. The maximum atomic E-state index is 6.17. The molecule has 2 heteroatoms. The molecule has 106 valence electrons. The fourth-order valence-electron chi connectivity index (χ4n) is 4.06. The zero-order valence-electron chi connectivity index (χ0n) is 12.5. The molecular formula is C16H31NO. The molecule has 2 fully saturated rings. The molecule has 0 amide bonds. The third-order valence-electron chi connectivity index (χ3n) is 5.25. The maximum Gasteiger partial charge on any atom is 0.0685 e. The lowest BCUT2D eigenvalue weighted by Gasteiger charge is -2.43. The van der Waals surface area contributed by atoms with Crippen LogP contribution in [0.3, 0.4) is 0 Å². The number of hydrogen-bond donors (Lipinski definition) is 1. The Balaban J connectivity index is 2.00. The Bertz CT molecular complexity index is 247. The van der Waals surface area contributed by atoms with Crippen molar-refractivity contribution in [3.8, 4) is 0 Å². The highest BCUT2D eigenvalue weighted by Crippen LogP contribution is 2.43. The Morgan fingerprint density at radius 1 is 1.28 bits per heavy atom. The van der Waals surface area contributed by atoms with Crippen molar-refractivity contribution in [1.29, 1.82) is 0 Å². The molecule has 0 radical (unpaired) electrons. The smallest absolute Gasteiger partial charge is 0.0685 e. The second-order valence-electron chi connectivity index (χ2n) is 6.46. The van der Waals surface area contributed by atoms with E-state index in [-0.39, 0.29) is 5.60 Å². The predicted octanol–water partition coefficient (Wildman–Crippen LogP) is 3.75. The van der Waals surface area contributed by atoms with Gasteiger partial charge in [0.15, 0.2) is 0 Å². The molecular weight excluding hydrogens is 222 g/mol. The van der Waals surface area contributed by atoms with Crippen molar-refractivity contribution in [2.24, 2.45) is 11.8 Å². The van der Waals surface area contributed by atoms with E-state index in [4.69, 9.17) is 4.74 Å². The van der Waals surface area contributed by atoms with Gasteiger partial charge < -0.3 is 10.1 Å². The Kier molecular flexibility index (Phi) is 5.08. The minimum absolute atomic E-state index is 0.268. The van der Waals surface area contributed by atoms with E-state index in [1.807, 2.05) is 0 Å². The van der Waals surface area contributed by atoms with Crippen molar-refractivity contribution in [3.63, 3.8) is 0 Å². The van der Waals surface area contributed by atoms with Gasteiger partial charge >= 0.3 is 0 Å². The monoisotopic (exact) mass is 253 g/mol. The third kappa shape index (κ3) is 3.08. The van der Waals surface area contributed by atoms with E-state index in [2.05, 4.69) is 26.1 Å². The molecule has 18 heavy (non-hydrogen) atoms. The molecule has 1 spiro atoms. The molecule has 1 heterocycles. The van der Waals surface area contributed by atoms with Crippen LogP contribution in [0.1, 0.15) is 65.7 Å². The van der Waals surface area contributed by atoms with Crippen LogP contribution in [0.5, 0.6) is 0 Å². The molecule has 1 aliphatic carbocycles. The highest BCUT2D eigenvalue weighted by Gasteiger charge is 2.42. The second kappa shape index (κ2) is 6.38. The molecule has 1 saturated heterocycles. The minimum Gasteiger partial charge on any atom is -0.375 e. The summed E-state index contributed by atoms with van der Waals surface area (Å²) in [6.07, 6.45) is 9.20. The first-order valence-corrected chi connectivity index (χ1v) is 8.08. The van der Waals surface area contributed by atoms with Crippen molar-refractivity contribution in [3.05, 3.63) is 0 Å². The number of hydrogen-bond acceptors (Lipinski definition) is 2. The number of rotatable bonds is 5. The third-order valence-corrected chi connectivity index (χ3v) is 5.25. The highest BCUT2D eigenvalue weighted by molar-refractivity contribution is 4.95. The van der Waals surface area contributed by atoms with Crippen LogP contribution >= 0.6 is 0 Å². The average molecular weight is 253 g/mol. The van der Waals surface area contributed by atoms with Gasteiger partial charge in [0, 0.05) is 12.6 Å². The standard InChI is InChI=1S/C16H31NO/c1-4-13(3)15(17-5-2)14-8-11-18-16(12-14)9-6-7-10-16/h13-15,17H,4-12H2,1-3H3. The summed E-state index contributed by atoms with van der Waals surface area (Å²) in [5, 5.41) is 3.75. The first-order valence-electron chi connectivity index (χ1n) is 8.08. The van der Waals surface area contributed by atoms with Crippen molar-refractivity contribution in [2.45, 2.75) is 77.4 Å². The fourth-order valence-corrected chi connectivity index (χ4v) is 4.06. The maximum absolute atomic E-state index is 6.17. The normalized spacial score (nSPS) is 30.5. The molecule has 2 aliphatic rings. The van der Waals surface area contributed by atoms with Gasteiger partial charge in [-0.1, -0.05) is 40.0 Å². The Morgan fingerprint density at radius 2 is 2.00 bits per heavy atom. The van der Waals surface area contributed by atoms with E-state index in [0.717, 1.165) is 25.0 Å². The average Bonchev–Trinajstić information content (AvgIpc) is 2.83. The van der Waals surface area contributed by atoms with Crippen LogP contribution in [0.25, 0.3) is 0 Å². The predicted molar refractivity (Wildman–Crippen MR) is 76.8 cm³/mol. The topological polar surface area (TPSA) is 21.3 Å². The van der Waals surface area contributed by atoms with Gasteiger partial charge in [0.1, 0.15) is 0 Å². The van der Waals surface area contributed by atoms with Gasteiger partial charge in [-0.15, -0.1) is 0 Å². The van der Waals surface area contributed by atoms with Crippen molar-refractivity contribution >= 4 is 0 Å². The zero-order valence-corrected chi connectivity index (χ0v) is 12.5. The second-order valence-corrected chi connectivity index (χ2v) is 6.46. The van der Waals surface area contributed by atoms with Crippen LogP contribution in [0, 0.1) is 11.8 Å². The van der Waals surface area contributed by atoms with Crippen molar-refractivity contribution in [1.82, 2.24) is 5.32 Å². The van der Waals surface area contributed by atoms with Crippen molar-refractivity contribution < 1.29 is 4.74 Å². The van der Waals surface area contributed by atoms with Gasteiger partial charge in [0.05, 0.1) is 5.60 Å². The Hall–Kier alpha value is -0.0800. The molecule has 0 bridgehead atoms. The zero-order chi connectivity index (χ0) is 13.0. The SMILES string of the molecule is CCNC(C(C)CC)C1CCOC2(CCCC2)C1. The van der Waals surface area contributed by atoms with Crippen LogP contribution in [0.2, 0.25) is 0 Å². The van der Waals surface area contributed by atoms with Gasteiger partial charge in [-0.3, -0.25) is 0 Å². The summed E-state index contributed by atoms with van der Waals surface area (Å²) in [5.41, 5.74) is 0.268. The van der Waals surface area contributed by atoms with E-state index in [9.17, 15) is 0 Å². The minimum atomic E-state index is 0.268. The van der Waals surface area contributed by atoms with Crippen LogP contribution in [-0.4, -0.2) is 24.8 Å². The van der Waals surface area contributed by atoms with Crippen molar-refractivity contribution in [2.75, 3.05) is 13.2 Å². The summed E-state index contributed by atoms with van der Waals surface area (Å²) >= 11 is 0. The van der Waals surface area contributed by atoms with E-state index in [1.165, 1.54) is 44.9 Å². The molecule has 0 aromatic rings. The lowest BCUT2D eigenvalue weighted by molar-refractivity contribution is -0.100. The number of ether oxygens (including phenoxy) is 1. The molecule has 2 nitrogen and oxygen atoms in total. The summed E-state index contributed by atoms with van der Waals surface area (Å²) < 4.78 is 6.17. The van der Waals surface area contributed by atoms with Crippen LogP contribution in [0.4, 0.5) is 0 Å². The van der Waals surface area contributed by atoms with E-state index < -0.39 is 0 Å². The van der Waals surface area contributed by atoms with Crippen LogP contribution < -0.4 is 5.32 Å². The number of nitrogens with one attached hydrogen (secondary N) is 1. The molecule has 1 aliphatic heterocycles. The van der Waals surface area contributed by atoms with Crippen LogP contribution in [-0.2, 0) is 4.74 Å². The summed E-state index contributed by atoms with van der Waals surface area (Å²) in [6.45, 7) is 9.05. The summed E-state index contributed by atoms with van der Waals surface area (Å²) in [7, 11) is 0. The molecule has 0 aromatic heterocycles. The van der Waals surface area contributed by atoms with Crippen LogP contribution in [0.15, 0.2) is 0 Å². The first-order chi connectivity index (χ1) is 8.71. The first kappa shape index (κ1) is 14.3. The fraction of sp³-hybridized carbons (Fsp3) is 1.00. The Labute approximate surface area is 113 Å².